The lowest BCUT2D eigenvalue weighted by Gasteiger charge is -2.15. The summed E-state index contributed by atoms with van der Waals surface area (Å²) in [6.07, 6.45) is 0. The molecule has 5 rings (SSSR count). The van der Waals surface area contributed by atoms with E-state index < -0.39 is 17.7 Å². The zero-order valence-electron chi connectivity index (χ0n) is 16.3. The van der Waals surface area contributed by atoms with Crippen LogP contribution < -0.4 is 10.2 Å². The number of imide groups is 1. The second-order valence-corrected chi connectivity index (χ2v) is 8.57. The zero-order valence-corrected chi connectivity index (χ0v) is 17.9. The van der Waals surface area contributed by atoms with Crippen LogP contribution in [0.5, 0.6) is 0 Å². The number of anilines is 2. The predicted octanol–water partition coefficient (Wildman–Crippen LogP) is 4.11. The minimum atomic E-state index is -0.533. The van der Waals surface area contributed by atoms with Crippen molar-refractivity contribution in [2.75, 3.05) is 10.2 Å². The van der Waals surface area contributed by atoms with E-state index in [-0.39, 0.29) is 27.7 Å². The Morgan fingerprint density at radius 3 is 2.55 bits per heavy atom. The third-order valence-electron chi connectivity index (χ3n) is 5.12. The molecular formula is C21H14ClN5O3S. The number of nitrogens with one attached hydrogen (secondary N) is 1. The minimum absolute atomic E-state index is 0.142. The summed E-state index contributed by atoms with van der Waals surface area (Å²) in [5.41, 5.74) is 1.83. The van der Waals surface area contributed by atoms with Gasteiger partial charge in [0, 0.05) is 10.4 Å². The van der Waals surface area contributed by atoms with Crippen molar-refractivity contribution in [2.24, 2.45) is 0 Å². The molecule has 0 unspecified atom stereocenters. The van der Waals surface area contributed by atoms with E-state index in [1.807, 2.05) is 13.8 Å². The van der Waals surface area contributed by atoms with Crippen LogP contribution in [-0.4, -0.2) is 32.3 Å². The highest BCUT2D eigenvalue weighted by molar-refractivity contribution is 7.17. The molecule has 2 aromatic carbocycles. The maximum absolute atomic E-state index is 12.9. The molecule has 0 radical (unpaired) electrons. The molecule has 31 heavy (non-hydrogen) atoms. The molecule has 0 saturated carbocycles. The summed E-state index contributed by atoms with van der Waals surface area (Å²) in [6, 6.07) is 11.0. The number of aryl methyl sites for hydroxylation is 2. The van der Waals surface area contributed by atoms with Crippen LogP contribution in [0.4, 0.5) is 11.6 Å². The fraction of sp³-hybridized carbons (Fsp3) is 0.0952. The second kappa shape index (κ2) is 7.00. The van der Waals surface area contributed by atoms with E-state index in [2.05, 4.69) is 15.4 Å². The van der Waals surface area contributed by atoms with Gasteiger partial charge in [0.25, 0.3) is 23.7 Å². The van der Waals surface area contributed by atoms with Gasteiger partial charge in [-0.3, -0.25) is 19.7 Å². The van der Waals surface area contributed by atoms with E-state index in [9.17, 15) is 14.4 Å². The number of carbonyl (C=O) groups excluding carboxylic acids is 3. The first-order valence-corrected chi connectivity index (χ1v) is 10.5. The Morgan fingerprint density at radius 2 is 1.81 bits per heavy atom. The van der Waals surface area contributed by atoms with Crippen molar-refractivity contribution in [2.45, 2.75) is 13.8 Å². The number of amides is 3. The minimum Gasteiger partial charge on any atom is -0.289 e. The SMILES string of the molecule is Cc1sc2nc(NC(=O)c3ccc4c(c3)C(=O)N(c3ccccc3Cl)C4=O)nn2c1C. The van der Waals surface area contributed by atoms with E-state index in [0.717, 1.165) is 15.5 Å². The number of aromatic nitrogens is 3. The molecule has 8 nitrogen and oxygen atoms in total. The van der Waals surface area contributed by atoms with E-state index >= 15 is 0 Å². The van der Waals surface area contributed by atoms with Crippen molar-refractivity contribution in [3.8, 4) is 0 Å². The van der Waals surface area contributed by atoms with Crippen molar-refractivity contribution in [3.05, 3.63) is 74.7 Å². The molecule has 0 atom stereocenters. The van der Waals surface area contributed by atoms with Gasteiger partial charge in [-0.25, -0.2) is 9.42 Å². The van der Waals surface area contributed by atoms with Crippen LogP contribution in [0.15, 0.2) is 42.5 Å². The Morgan fingerprint density at radius 1 is 1.06 bits per heavy atom. The van der Waals surface area contributed by atoms with Gasteiger partial charge >= 0.3 is 0 Å². The summed E-state index contributed by atoms with van der Waals surface area (Å²) in [6.45, 7) is 3.90. The molecule has 1 aliphatic rings. The van der Waals surface area contributed by atoms with Gasteiger partial charge in [0.05, 0.1) is 27.5 Å². The number of hydrogen-bond acceptors (Lipinski definition) is 6. The largest absolute Gasteiger partial charge is 0.289 e. The molecule has 0 spiro atoms. The molecule has 154 valence electrons. The van der Waals surface area contributed by atoms with Crippen LogP contribution in [0, 0.1) is 13.8 Å². The maximum Gasteiger partial charge on any atom is 0.266 e. The fourth-order valence-electron chi connectivity index (χ4n) is 3.40. The van der Waals surface area contributed by atoms with Crippen LogP contribution in [0.25, 0.3) is 4.96 Å². The highest BCUT2D eigenvalue weighted by atomic mass is 35.5. The van der Waals surface area contributed by atoms with Crippen LogP contribution in [0.1, 0.15) is 41.6 Å². The van der Waals surface area contributed by atoms with Gasteiger partial charge in [-0.15, -0.1) is 5.10 Å². The second-order valence-electron chi connectivity index (χ2n) is 6.99. The molecule has 1 N–H and O–H groups in total. The third kappa shape index (κ3) is 3.01. The van der Waals surface area contributed by atoms with Crippen molar-refractivity contribution >= 4 is 57.3 Å². The lowest BCUT2D eigenvalue weighted by atomic mass is 10.1. The van der Waals surface area contributed by atoms with E-state index in [1.54, 1.807) is 28.8 Å². The van der Waals surface area contributed by atoms with E-state index in [0.29, 0.717) is 10.6 Å². The predicted molar refractivity (Wildman–Crippen MR) is 117 cm³/mol. The summed E-state index contributed by atoms with van der Waals surface area (Å²) >= 11 is 7.65. The van der Waals surface area contributed by atoms with Crippen molar-refractivity contribution < 1.29 is 14.4 Å². The molecular weight excluding hydrogens is 438 g/mol. The number of hydrogen-bond donors (Lipinski definition) is 1. The van der Waals surface area contributed by atoms with Gasteiger partial charge in [0.2, 0.25) is 4.96 Å². The summed E-state index contributed by atoms with van der Waals surface area (Å²) in [4.78, 5) is 45.6. The quantitative estimate of drug-likeness (QED) is 0.473. The number of carbonyl (C=O) groups is 3. The highest BCUT2D eigenvalue weighted by Gasteiger charge is 2.38. The van der Waals surface area contributed by atoms with Crippen molar-refractivity contribution in [1.29, 1.82) is 0 Å². The lowest BCUT2D eigenvalue weighted by molar-refractivity contribution is 0.0925. The Balaban J connectivity index is 1.44. The van der Waals surface area contributed by atoms with E-state index in [4.69, 9.17) is 11.6 Å². The monoisotopic (exact) mass is 451 g/mol. The van der Waals surface area contributed by atoms with Gasteiger partial charge in [0.15, 0.2) is 0 Å². The summed E-state index contributed by atoms with van der Waals surface area (Å²) in [5, 5.41) is 7.23. The third-order valence-corrected chi connectivity index (χ3v) is 6.48. The number of benzene rings is 2. The van der Waals surface area contributed by atoms with Gasteiger partial charge < -0.3 is 0 Å². The Kier molecular flexibility index (Phi) is 4.38. The van der Waals surface area contributed by atoms with Gasteiger partial charge in [-0.1, -0.05) is 35.1 Å². The molecule has 4 aromatic rings. The molecule has 0 saturated heterocycles. The first kappa shape index (κ1) is 19.4. The zero-order chi connectivity index (χ0) is 21.9. The van der Waals surface area contributed by atoms with Crippen LogP contribution >= 0.6 is 22.9 Å². The molecule has 0 aliphatic carbocycles. The first-order chi connectivity index (χ1) is 14.8. The molecule has 0 fully saturated rings. The molecule has 10 heteroatoms. The molecule has 1 aliphatic heterocycles. The molecule has 3 heterocycles. The standard InChI is InChI=1S/C21H14ClN5O3S/c1-10-11(2)31-21-24-20(25-27(10)21)23-17(28)12-7-8-13-14(9-12)19(30)26(18(13)29)16-6-4-3-5-15(16)22/h3-9H,1-2H3,(H,23,25,28). The van der Waals surface area contributed by atoms with Crippen molar-refractivity contribution in [1.82, 2.24) is 14.6 Å². The average molecular weight is 452 g/mol. The maximum atomic E-state index is 12.9. The molecule has 2 aromatic heterocycles. The number of fused-ring (bicyclic) bond motifs is 2. The van der Waals surface area contributed by atoms with Gasteiger partial charge in [-0.05, 0) is 44.2 Å². The van der Waals surface area contributed by atoms with Gasteiger partial charge in [-0.2, -0.15) is 4.98 Å². The highest BCUT2D eigenvalue weighted by Crippen LogP contribution is 2.33. The Bertz CT molecular complexity index is 1420. The number of thiazole rings is 1. The van der Waals surface area contributed by atoms with Gasteiger partial charge in [0.1, 0.15) is 0 Å². The molecule has 3 amide bonds. The number of halogens is 1. The van der Waals surface area contributed by atoms with Crippen molar-refractivity contribution in [3.63, 3.8) is 0 Å². The molecule has 0 bridgehead atoms. The van der Waals surface area contributed by atoms with Crippen LogP contribution in [0.3, 0.4) is 0 Å². The van der Waals surface area contributed by atoms with Crippen LogP contribution in [-0.2, 0) is 0 Å². The topological polar surface area (TPSA) is 96.7 Å². The summed E-state index contributed by atoms with van der Waals surface area (Å²) < 4.78 is 1.67. The Labute approximate surface area is 185 Å². The lowest BCUT2D eigenvalue weighted by Crippen LogP contribution is -2.29. The van der Waals surface area contributed by atoms with E-state index in [1.165, 1.54) is 29.5 Å². The summed E-state index contributed by atoms with van der Waals surface area (Å²) in [5.74, 6) is -1.33. The first-order valence-electron chi connectivity index (χ1n) is 9.26. The average Bonchev–Trinajstić information content (AvgIpc) is 3.34. The summed E-state index contributed by atoms with van der Waals surface area (Å²) in [7, 11) is 0. The smallest absolute Gasteiger partial charge is 0.266 e. The normalized spacial score (nSPS) is 13.2. The van der Waals surface area contributed by atoms with Crippen LogP contribution in [0.2, 0.25) is 5.02 Å². The number of nitrogens with zero attached hydrogens (tertiary/aromatic N) is 4. The Hall–Kier alpha value is -3.56. The number of rotatable bonds is 3. The fourth-order valence-corrected chi connectivity index (χ4v) is 4.53. The number of para-hydroxylation sites is 1.